The molecule has 0 bridgehead atoms. The van der Waals surface area contributed by atoms with Crippen LogP contribution < -0.4 is 5.32 Å². The second kappa shape index (κ2) is 6.16. The zero-order valence-corrected chi connectivity index (χ0v) is 10.9. The van der Waals surface area contributed by atoms with E-state index in [2.05, 4.69) is 5.32 Å². The summed E-state index contributed by atoms with van der Waals surface area (Å²) in [7, 11) is 0. The molecule has 1 N–H and O–H groups in total. The molecule has 0 spiro atoms. The van der Waals surface area contributed by atoms with Crippen LogP contribution in [0.25, 0.3) is 0 Å². The number of nitrogens with one attached hydrogen (secondary N) is 1. The van der Waals surface area contributed by atoms with Gasteiger partial charge in [0.2, 0.25) is 0 Å². The molecule has 0 heterocycles. The van der Waals surface area contributed by atoms with Crippen molar-refractivity contribution in [2.45, 2.75) is 0 Å². The maximum Gasteiger partial charge on any atom is 0.255 e. The Morgan fingerprint density at radius 1 is 0.947 bits per heavy atom. The van der Waals surface area contributed by atoms with Gasteiger partial charge < -0.3 is 5.32 Å². The molecule has 0 unspecified atom stereocenters. The summed E-state index contributed by atoms with van der Waals surface area (Å²) in [4.78, 5) is 23.7. The van der Waals surface area contributed by atoms with Crippen molar-refractivity contribution < 1.29 is 9.59 Å². The van der Waals surface area contributed by atoms with Crippen molar-refractivity contribution in [1.29, 1.82) is 0 Å². The maximum absolute atomic E-state index is 12.0. The Kier molecular flexibility index (Phi) is 4.31. The van der Waals surface area contributed by atoms with Gasteiger partial charge in [-0.15, -0.1) is 11.6 Å². The molecule has 0 aromatic heterocycles. The Morgan fingerprint density at radius 2 is 1.58 bits per heavy atom. The molecule has 0 aliphatic rings. The summed E-state index contributed by atoms with van der Waals surface area (Å²) in [5, 5.41) is 2.72. The van der Waals surface area contributed by atoms with E-state index in [4.69, 9.17) is 11.6 Å². The second-order valence-electron chi connectivity index (χ2n) is 3.92. The predicted octanol–water partition coefficient (Wildman–Crippen LogP) is 3.36. The number of rotatable bonds is 4. The standard InChI is InChI=1S/C15H12ClNO2/c16-10-14(18)12-8-4-5-9-13(12)17-15(19)11-6-2-1-3-7-11/h1-9H,10H2,(H,17,19). The summed E-state index contributed by atoms with van der Waals surface area (Å²) in [6, 6.07) is 15.6. The van der Waals surface area contributed by atoms with Crippen molar-refractivity contribution in [3.05, 3.63) is 65.7 Å². The normalized spacial score (nSPS) is 9.95. The number of amides is 1. The molecule has 0 saturated heterocycles. The number of ketones is 1. The van der Waals surface area contributed by atoms with Gasteiger partial charge in [0, 0.05) is 11.1 Å². The van der Waals surface area contributed by atoms with Crippen LogP contribution in [0.1, 0.15) is 20.7 Å². The van der Waals surface area contributed by atoms with Gasteiger partial charge in [0.1, 0.15) is 0 Å². The Hall–Kier alpha value is -2.13. The summed E-state index contributed by atoms with van der Waals surface area (Å²) in [6.07, 6.45) is 0. The van der Waals surface area contributed by atoms with Gasteiger partial charge in [-0.25, -0.2) is 0 Å². The van der Waals surface area contributed by atoms with E-state index in [0.717, 1.165) is 0 Å². The highest BCUT2D eigenvalue weighted by Crippen LogP contribution is 2.17. The molecule has 2 rings (SSSR count). The first kappa shape index (κ1) is 13.3. The van der Waals surface area contributed by atoms with E-state index in [1.54, 1.807) is 48.5 Å². The van der Waals surface area contributed by atoms with Gasteiger partial charge in [-0.3, -0.25) is 9.59 Å². The van der Waals surface area contributed by atoms with Crippen LogP contribution in [0.5, 0.6) is 0 Å². The molecular weight excluding hydrogens is 262 g/mol. The van der Waals surface area contributed by atoms with Crippen LogP contribution in [-0.2, 0) is 0 Å². The lowest BCUT2D eigenvalue weighted by Crippen LogP contribution is -2.15. The van der Waals surface area contributed by atoms with Crippen LogP contribution >= 0.6 is 11.6 Å². The molecule has 0 radical (unpaired) electrons. The minimum absolute atomic E-state index is 0.113. The second-order valence-corrected chi connectivity index (χ2v) is 4.19. The lowest BCUT2D eigenvalue weighted by molar-refractivity contribution is 0.102. The molecule has 96 valence electrons. The Bertz CT molecular complexity index is 596. The van der Waals surface area contributed by atoms with Crippen molar-refractivity contribution in [2.75, 3.05) is 11.2 Å². The van der Waals surface area contributed by atoms with Crippen LogP contribution in [0.3, 0.4) is 0 Å². The first-order valence-electron chi connectivity index (χ1n) is 5.77. The van der Waals surface area contributed by atoms with E-state index in [1.807, 2.05) is 6.07 Å². The van der Waals surface area contributed by atoms with Crippen LogP contribution in [0.4, 0.5) is 5.69 Å². The fraction of sp³-hybridized carbons (Fsp3) is 0.0667. The molecule has 0 saturated carbocycles. The third-order valence-electron chi connectivity index (χ3n) is 2.63. The van der Waals surface area contributed by atoms with Gasteiger partial charge in [0.05, 0.1) is 11.6 Å². The van der Waals surface area contributed by atoms with Gasteiger partial charge in [0.15, 0.2) is 5.78 Å². The van der Waals surface area contributed by atoms with E-state index in [9.17, 15) is 9.59 Å². The predicted molar refractivity (Wildman–Crippen MR) is 75.9 cm³/mol. The third-order valence-corrected chi connectivity index (χ3v) is 2.88. The average Bonchev–Trinajstić information content (AvgIpc) is 2.48. The molecular formula is C15H12ClNO2. The minimum Gasteiger partial charge on any atom is -0.321 e. The zero-order valence-electron chi connectivity index (χ0n) is 10.1. The molecule has 19 heavy (non-hydrogen) atoms. The summed E-state index contributed by atoms with van der Waals surface area (Å²) in [5.74, 6) is -0.584. The summed E-state index contributed by atoms with van der Waals surface area (Å²) in [6.45, 7) is 0. The smallest absolute Gasteiger partial charge is 0.255 e. The molecule has 4 heteroatoms. The van der Waals surface area contributed by atoms with E-state index in [-0.39, 0.29) is 17.6 Å². The number of Topliss-reactive ketones (excluding diaryl/α,β-unsaturated/α-hetero) is 1. The van der Waals surface area contributed by atoms with Crippen molar-refractivity contribution >= 4 is 29.0 Å². The first-order chi connectivity index (χ1) is 9.22. The van der Waals surface area contributed by atoms with Crippen molar-refractivity contribution in [3.8, 4) is 0 Å². The van der Waals surface area contributed by atoms with Crippen molar-refractivity contribution in [1.82, 2.24) is 0 Å². The number of hydrogen-bond acceptors (Lipinski definition) is 2. The first-order valence-corrected chi connectivity index (χ1v) is 6.30. The van der Waals surface area contributed by atoms with Crippen LogP contribution in [0.2, 0.25) is 0 Å². The van der Waals surface area contributed by atoms with Gasteiger partial charge in [0.25, 0.3) is 5.91 Å². The molecule has 3 nitrogen and oxygen atoms in total. The van der Waals surface area contributed by atoms with E-state index in [0.29, 0.717) is 16.8 Å². The van der Waals surface area contributed by atoms with Gasteiger partial charge >= 0.3 is 0 Å². The highest BCUT2D eigenvalue weighted by molar-refractivity contribution is 6.31. The number of halogens is 1. The van der Waals surface area contributed by atoms with Crippen LogP contribution in [0, 0.1) is 0 Å². The Morgan fingerprint density at radius 3 is 2.26 bits per heavy atom. The summed E-state index contributed by atoms with van der Waals surface area (Å²) < 4.78 is 0. The topological polar surface area (TPSA) is 46.2 Å². The number of para-hydroxylation sites is 1. The quantitative estimate of drug-likeness (QED) is 0.686. The van der Waals surface area contributed by atoms with Crippen molar-refractivity contribution in [3.63, 3.8) is 0 Å². The Labute approximate surface area is 116 Å². The van der Waals surface area contributed by atoms with E-state index in [1.165, 1.54) is 0 Å². The summed E-state index contributed by atoms with van der Waals surface area (Å²) >= 11 is 5.55. The molecule has 0 fully saturated rings. The van der Waals surface area contributed by atoms with Gasteiger partial charge in [-0.1, -0.05) is 30.3 Å². The maximum atomic E-state index is 12.0. The van der Waals surface area contributed by atoms with E-state index < -0.39 is 0 Å². The van der Waals surface area contributed by atoms with Gasteiger partial charge in [-0.2, -0.15) is 0 Å². The number of carbonyl (C=O) groups is 2. The molecule has 1 amide bonds. The fourth-order valence-corrected chi connectivity index (χ4v) is 1.84. The molecule has 0 atom stereocenters. The van der Waals surface area contributed by atoms with E-state index >= 15 is 0 Å². The number of benzene rings is 2. The number of anilines is 1. The average molecular weight is 274 g/mol. The van der Waals surface area contributed by atoms with Gasteiger partial charge in [-0.05, 0) is 24.3 Å². The van der Waals surface area contributed by atoms with Crippen LogP contribution in [0.15, 0.2) is 54.6 Å². The molecule has 2 aromatic carbocycles. The largest absolute Gasteiger partial charge is 0.321 e. The number of hydrogen-bond donors (Lipinski definition) is 1. The SMILES string of the molecule is O=C(Nc1ccccc1C(=O)CCl)c1ccccc1. The number of alkyl halides is 1. The van der Waals surface area contributed by atoms with Crippen LogP contribution in [-0.4, -0.2) is 17.6 Å². The van der Waals surface area contributed by atoms with Crippen molar-refractivity contribution in [2.24, 2.45) is 0 Å². The Balaban J connectivity index is 2.25. The molecule has 0 aliphatic carbocycles. The lowest BCUT2D eigenvalue weighted by atomic mass is 10.1. The molecule has 2 aromatic rings. The summed E-state index contributed by atoms with van der Waals surface area (Å²) in [5.41, 5.74) is 1.43. The highest BCUT2D eigenvalue weighted by Gasteiger charge is 2.12. The zero-order chi connectivity index (χ0) is 13.7. The highest BCUT2D eigenvalue weighted by atomic mass is 35.5. The monoisotopic (exact) mass is 273 g/mol. The number of carbonyl (C=O) groups excluding carboxylic acids is 2. The minimum atomic E-state index is -0.254. The third kappa shape index (κ3) is 3.20. The lowest BCUT2D eigenvalue weighted by Gasteiger charge is -2.09. The fourth-order valence-electron chi connectivity index (χ4n) is 1.69. The molecule has 0 aliphatic heterocycles.